The Morgan fingerprint density at radius 1 is 1.25 bits per heavy atom. The Balaban J connectivity index is 1.73. The van der Waals surface area contributed by atoms with E-state index in [0.717, 1.165) is 12.8 Å². The summed E-state index contributed by atoms with van der Waals surface area (Å²) in [6, 6.07) is 2.73. The molecule has 1 amide bonds. The summed E-state index contributed by atoms with van der Waals surface area (Å²) in [6.45, 7) is 2.33. The first kappa shape index (κ1) is 17.4. The second-order valence-corrected chi connectivity index (χ2v) is 7.95. The number of ether oxygens (including phenoxy) is 1. The van der Waals surface area contributed by atoms with Gasteiger partial charge in [0, 0.05) is 32.8 Å². The van der Waals surface area contributed by atoms with Gasteiger partial charge in [0.25, 0.3) is 15.9 Å². The smallest absolute Gasteiger partial charge is 0.289 e. The number of nitrogens with zero attached hydrogens (tertiary/aromatic N) is 2. The molecule has 2 saturated heterocycles. The highest BCUT2D eigenvalue weighted by atomic mass is 32.2. The van der Waals surface area contributed by atoms with Gasteiger partial charge < -0.3 is 19.2 Å². The lowest BCUT2D eigenvalue weighted by Crippen LogP contribution is -2.41. The zero-order chi connectivity index (χ0) is 17.2. The van der Waals surface area contributed by atoms with E-state index in [1.165, 1.54) is 16.4 Å². The molecule has 1 unspecified atom stereocenters. The Morgan fingerprint density at radius 3 is 2.71 bits per heavy atom. The molecule has 0 saturated carbocycles. The Bertz CT molecular complexity index is 680. The van der Waals surface area contributed by atoms with Gasteiger partial charge in [-0.3, -0.25) is 4.79 Å². The first-order chi connectivity index (χ1) is 11.5. The molecule has 1 atom stereocenters. The molecule has 3 heterocycles. The number of rotatable bonds is 4. The van der Waals surface area contributed by atoms with Crippen LogP contribution in [-0.2, 0) is 14.8 Å². The monoisotopic (exact) mass is 358 g/mol. The minimum Gasteiger partial charge on any atom is -0.438 e. The molecule has 1 aromatic heterocycles. The maximum absolute atomic E-state index is 12.5. The zero-order valence-electron chi connectivity index (χ0n) is 13.4. The molecule has 24 heavy (non-hydrogen) atoms. The fourth-order valence-electron chi connectivity index (χ4n) is 3.04. The van der Waals surface area contributed by atoms with Crippen molar-refractivity contribution in [1.29, 1.82) is 0 Å². The third kappa shape index (κ3) is 3.49. The molecular weight excluding hydrogens is 336 g/mol. The normalized spacial score (nSPS) is 23.4. The number of hydrogen-bond acceptors (Lipinski definition) is 6. The largest absolute Gasteiger partial charge is 0.438 e. The number of likely N-dealkylation sites (tertiary alicyclic amines) is 1. The lowest BCUT2D eigenvalue weighted by atomic mass is 9.99. The van der Waals surface area contributed by atoms with E-state index in [1.54, 1.807) is 4.90 Å². The van der Waals surface area contributed by atoms with Crippen molar-refractivity contribution in [2.75, 3.05) is 46.0 Å². The summed E-state index contributed by atoms with van der Waals surface area (Å²) in [4.78, 5) is 14.1. The SMILES string of the molecule is O=C(c1ccc(S(=O)(=O)N2CCOCC2)o1)N1CCCC(CO)C1. The van der Waals surface area contributed by atoms with Crippen LogP contribution in [0.3, 0.4) is 0 Å². The van der Waals surface area contributed by atoms with Crippen molar-refractivity contribution in [3.63, 3.8) is 0 Å². The Labute approximate surface area is 141 Å². The fraction of sp³-hybridized carbons (Fsp3) is 0.667. The number of carbonyl (C=O) groups is 1. The van der Waals surface area contributed by atoms with Gasteiger partial charge in [0.2, 0.25) is 5.09 Å². The summed E-state index contributed by atoms with van der Waals surface area (Å²) in [5.74, 6) is -0.258. The first-order valence-electron chi connectivity index (χ1n) is 8.10. The van der Waals surface area contributed by atoms with Crippen LogP contribution in [0.15, 0.2) is 21.6 Å². The molecule has 2 aliphatic heterocycles. The lowest BCUT2D eigenvalue weighted by Gasteiger charge is -2.31. The highest BCUT2D eigenvalue weighted by Crippen LogP contribution is 2.23. The third-order valence-corrected chi connectivity index (χ3v) is 6.19. The van der Waals surface area contributed by atoms with E-state index < -0.39 is 10.0 Å². The van der Waals surface area contributed by atoms with Crippen LogP contribution >= 0.6 is 0 Å². The molecule has 0 radical (unpaired) electrons. The Morgan fingerprint density at radius 2 is 2.00 bits per heavy atom. The van der Waals surface area contributed by atoms with E-state index in [0.29, 0.717) is 26.3 Å². The maximum Gasteiger partial charge on any atom is 0.289 e. The zero-order valence-corrected chi connectivity index (χ0v) is 14.2. The summed E-state index contributed by atoms with van der Waals surface area (Å²) in [7, 11) is -3.74. The molecule has 2 fully saturated rings. The second-order valence-electron chi connectivity index (χ2n) is 6.08. The van der Waals surface area contributed by atoms with Crippen molar-refractivity contribution >= 4 is 15.9 Å². The number of aliphatic hydroxyl groups is 1. The molecule has 1 N–H and O–H groups in total. The number of morpholine rings is 1. The molecule has 0 bridgehead atoms. The number of hydrogen-bond donors (Lipinski definition) is 1. The van der Waals surface area contributed by atoms with Gasteiger partial charge in [-0.05, 0) is 30.9 Å². The molecule has 134 valence electrons. The molecule has 0 aromatic carbocycles. The Hall–Kier alpha value is -1.42. The van der Waals surface area contributed by atoms with Crippen molar-refractivity contribution < 1.29 is 27.5 Å². The molecule has 9 heteroatoms. The van der Waals surface area contributed by atoms with E-state index >= 15 is 0 Å². The summed E-state index contributed by atoms with van der Waals surface area (Å²) in [6.07, 6.45) is 1.70. The summed E-state index contributed by atoms with van der Waals surface area (Å²) < 4.78 is 36.8. The summed E-state index contributed by atoms with van der Waals surface area (Å²) in [5.41, 5.74) is 0. The van der Waals surface area contributed by atoms with Gasteiger partial charge in [-0.1, -0.05) is 0 Å². The molecule has 3 rings (SSSR count). The molecule has 0 aliphatic carbocycles. The van der Waals surface area contributed by atoms with Crippen molar-refractivity contribution in [3.05, 3.63) is 17.9 Å². The van der Waals surface area contributed by atoms with Crippen LogP contribution in [0.25, 0.3) is 0 Å². The molecular formula is C15H22N2O6S. The molecule has 8 nitrogen and oxygen atoms in total. The number of aliphatic hydroxyl groups excluding tert-OH is 1. The van der Waals surface area contributed by atoms with Crippen molar-refractivity contribution in [2.24, 2.45) is 5.92 Å². The fourth-order valence-corrected chi connectivity index (χ4v) is 4.36. The van der Waals surface area contributed by atoms with Crippen molar-refractivity contribution in [1.82, 2.24) is 9.21 Å². The minimum absolute atomic E-state index is 0.0143. The standard InChI is InChI=1S/C15H22N2O6S/c18-11-12-2-1-5-16(10-12)15(19)13-3-4-14(23-13)24(20,21)17-6-8-22-9-7-17/h3-4,12,18H,1-2,5-11H2. The minimum atomic E-state index is -3.74. The van der Waals surface area contributed by atoms with Crippen molar-refractivity contribution in [2.45, 2.75) is 17.9 Å². The van der Waals surface area contributed by atoms with Gasteiger partial charge in [-0.25, -0.2) is 8.42 Å². The van der Waals surface area contributed by atoms with Crippen LogP contribution in [-0.4, -0.2) is 74.6 Å². The van der Waals surface area contributed by atoms with Crippen LogP contribution in [0.1, 0.15) is 23.4 Å². The predicted octanol–water partition coefficient (Wildman–Crippen LogP) is 0.145. The summed E-state index contributed by atoms with van der Waals surface area (Å²) in [5, 5.41) is 9.04. The third-order valence-electron chi connectivity index (χ3n) is 4.42. The average Bonchev–Trinajstić information content (AvgIpc) is 3.13. The molecule has 0 spiro atoms. The van der Waals surface area contributed by atoms with Crippen molar-refractivity contribution in [3.8, 4) is 0 Å². The second kappa shape index (κ2) is 7.22. The van der Waals surface area contributed by atoms with E-state index in [2.05, 4.69) is 0 Å². The van der Waals surface area contributed by atoms with Crippen LogP contribution in [0, 0.1) is 5.92 Å². The number of piperidine rings is 1. The molecule has 2 aliphatic rings. The number of amides is 1. The summed E-state index contributed by atoms with van der Waals surface area (Å²) >= 11 is 0. The quantitative estimate of drug-likeness (QED) is 0.822. The number of furan rings is 1. The van der Waals surface area contributed by atoms with E-state index in [9.17, 15) is 18.3 Å². The highest BCUT2D eigenvalue weighted by Gasteiger charge is 2.31. The predicted molar refractivity (Wildman–Crippen MR) is 84.0 cm³/mol. The van der Waals surface area contributed by atoms with Crippen LogP contribution < -0.4 is 0 Å². The Kier molecular flexibility index (Phi) is 5.24. The van der Waals surface area contributed by atoms with Crippen LogP contribution in [0.5, 0.6) is 0 Å². The topological polar surface area (TPSA) is 100 Å². The van der Waals surface area contributed by atoms with Gasteiger partial charge in [0.15, 0.2) is 5.76 Å². The maximum atomic E-state index is 12.5. The van der Waals surface area contributed by atoms with Crippen LogP contribution in [0.2, 0.25) is 0 Å². The van der Waals surface area contributed by atoms with Gasteiger partial charge >= 0.3 is 0 Å². The van der Waals surface area contributed by atoms with Gasteiger partial charge in [-0.2, -0.15) is 4.31 Å². The van der Waals surface area contributed by atoms with E-state index in [-0.39, 0.29) is 42.4 Å². The number of sulfonamides is 1. The average molecular weight is 358 g/mol. The molecule has 1 aromatic rings. The van der Waals surface area contributed by atoms with E-state index in [4.69, 9.17) is 9.15 Å². The van der Waals surface area contributed by atoms with Gasteiger partial charge in [0.05, 0.1) is 13.2 Å². The van der Waals surface area contributed by atoms with Gasteiger partial charge in [0.1, 0.15) is 0 Å². The number of carbonyl (C=O) groups excluding carboxylic acids is 1. The van der Waals surface area contributed by atoms with Crippen LogP contribution in [0.4, 0.5) is 0 Å². The van der Waals surface area contributed by atoms with E-state index in [1.807, 2.05) is 0 Å². The first-order valence-corrected chi connectivity index (χ1v) is 9.54. The lowest BCUT2D eigenvalue weighted by molar-refractivity contribution is 0.0582. The highest BCUT2D eigenvalue weighted by molar-refractivity contribution is 7.89. The van der Waals surface area contributed by atoms with Gasteiger partial charge in [-0.15, -0.1) is 0 Å².